The van der Waals surface area contributed by atoms with Crippen molar-refractivity contribution in [1.82, 2.24) is 15.1 Å². The lowest BCUT2D eigenvalue weighted by Gasteiger charge is -2.32. The van der Waals surface area contributed by atoms with Crippen molar-refractivity contribution in [2.24, 2.45) is 0 Å². The molecule has 26 heavy (non-hydrogen) atoms. The van der Waals surface area contributed by atoms with Crippen molar-refractivity contribution in [2.45, 2.75) is 45.7 Å². The monoisotopic (exact) mass is 361 g/mol. The molecule has 1 aliphatic heterocycles. The number of piperidine rings is 1. The van der Waals surface area contributed by atoms with Crippen LogP contribution in [-0.2, 0) is 22.5 Å². The van der Waals surface area contributed by atoms with Crippen LogP contribution in [0.15, 0.2) is 24.3 Å². The first-order valence-corrected chi connectivity index (χ1v) is 9.49. The Bertz CT molecular complexity index is 580. The molecule has 1 saturated heterocycles. The van der Waals surface area contributed by atoms with Crippen LogP contribution in [0.4, 0.5) is 4.79 Å². The largest absolute Gasteiger partial charge is 0.450 e. The highest BCUT2D eigenvalue weighted by Gasteiger charge is 2.24. The molecule has 144 valence electrons. The Morgan fingerprint density at radius 3 is 2.35 bits per heavy atom. The van der Waals surface area contributed by atoms with Gasteiger partial charge >= 0.3 is 6.09 Å². The van der Waals surface area contributed by atoms with Gasteiger partial charge in [-0.3, -0.25) is 9.69 Å². The lowest BCUT2D eigenvalue weighted by Crippen LogP contribution is -2.48. The molecule has 1 heterocycles. The molecule has 1 aromatic carbocycles. The van der Waals surface area contributed by atoms with Gasteiger partial charge in [0, 0.05) is 25.7 Å². The first kappa shape index (κ1) is 20.2. The maximum absolute atomic E-state index is 12.3. The molecular weight excluding hydrogens is 330 g/mol. The van der Waals surface area contributed by atoms with Gasteiger partial charge in [-0.15, -0.1) is 0 Å². The fourth-order valence-corrected chi connectivity index (χ4v) is 3.19. The Kier molecular flexibility index (Phi) is 7.91. The molecule has 1 fully saturated rings. The SMILES string of the molecule is CCOC(=O)N1CCC(NC(=O)CN(C)Cc2ccc(CC)cc2)CC1. The Balaban J connectivity index is 1.70. The van der Waals surface area contributed by atoms with Gasteiger partial charge in [-0.1, -0.05) is 31.2 Å². The average Bonchev–Trinajstić information content (AvgIpc) is 2.63. The van der Waals surface area contributed by atoms with Crippen LogP contribution >= 0.6 is 0 Å². The Morgan fingerprint density at radius 2 is 1.77 bits per heavy atom. The number of amides is 2. The van der Waals surface area contributed by atoms with Crippen molar-refractivity contribution in [3.05, 3.63) is 35.4 Å². The van der Waals surface area contributed by atoms with E-state index in [1.54, 1.807) is 11.8 Å². The summed E-state index contributed by atoms with van der Waals surface area (Å²) in [5.41, 5.74) is 2.53. The fraction of sp³-hybridized carbons (Fsp3) is 0.600. The van der Waals surface area contributed by atoms with Crippen LogP contribution < -0.4 is 5.32 Å². The molecular formula is C20H31N3O3. The molecule has 0 aromatic heterocycles. The smallest absolute Gasteiger partial charge is 0.409 e. The molecule has 0 saturated carbocycles. The number of rotatable bonds is 7. The summed E-state index contributed by atoms with van der Waals surface area (Å²) < 4.78 is 5.01. The second-order valence-corrected chi connectivity index (χ2v) is 6.87. The number of nitrogens with zero attached hydrogens (tertiary/aromatic N) is 2. The summed E-state index contributed by atoms with van der Waals surface area (Å²) in [6.07, 6.45) is 2.32. The van der Waals surface area contributed by atoms with Crippen molar-refractivity contribution in [3.8, 4) is 0 Å². The van der Waals surface area contributed by atoms with Crippen LogP contribution in [0.5, 0.6) is 0 Å². The number of likely N-dealkylation sites (N-methyl/N-ethyl adjacent to an activating group) is 1. The van der Waals surface area contributed by atoms with E-state index in [4.69, 9.17) is 4.74 Å². The van der Waals surface area contributed by atoms with Crippen molar-refractivity contribution in [1.29, 1.82) is 0 Å². The fourth-order valence-electron chi connectivity index (χ4n) is 3.19. The third kappa shape index (κ3) is 6.33. The second kappa shape index (κ2) is 10.2. The van der Waals surface area contributed by atoms with Crippen molar-refractivity contribution in [3.63, 3.8) is 0 Å². The maximum Gasteiger partial charge on any atom is 0.409 e. The van der Waals surface area contributed by atoms with Gasteiger partial charge in [-0.05, 0) is 44.4 Å². The summed E-state index contributed by atoms with van der Waals surface area (Å²) in [4.78, 5) is 27.7. The number of nitrogens with one attached hydrogen (secondary N) is 1. The lowest BCUT2D eigenvalue weighted by molar-refractivity contribution is -0.123. The van der Waals surface area contributed by atoms with Gasteiger partial charge in [0.2, 0.25) is 5.91 Å². The maximum atomic E-state index is 12.3. The standard InChI is InChI=1S/C20H31N3O3/c1-4-16-6-8-17(9-7-16)14-22(3)15-19(24)21-18-10-12-23(13-11-18)20(25)26-5-2/h6-9,18H,4-5,10-15H2,1-3H3,(H,21,24). The van der Waals surface area contributed by atoms with E-state index in [2.05, 4.69) is 36.5 Å². The third-order valence-corrected chi connectivity index (χ3v) is 4.68. The number of aryl methyl sites for hydroxylation is 1. The van der Waals surface area contributed by atoms with Crippen LogP contribution in [0.25, 0.3) is 0 Å². The number of hydrogen-bond donors (Lipinski definition) is 1. The number of benzene rings is 1. The van der Waals surface area contributed by atoms with E-state index in [0.29, 0.717) is 26.2 Å². The molecule has 0 spiro atoms. The molecule has 1 aliphatic rings. The lowest BCUT2D eigenvalue weighted by atomic mass is 10.1. The topological polar surface area (TPSA) is 61.9 Å². The summed E-state index contributed by atoms with van der Waals surface area (Å²) in [5, 5.41) is 3.09. The van der Waals surface area contributed by atoms with Crippen LogP contribution in [-0.4, -0.2) is 61.1 Å². The minimum absolute atomic E-state index is 0.0345. The predicted molar refractivity (Wildman–Crippen MR) is 102 cm³/mol. The summed E-state index contributed by atoms with van der Waals surface area (Å²) in [6.45, 7) is 6.71. The summed E-state index contributed by atoms with van der Waals surface area (Å²) in [6, 6.07) is 8.66. The van der Waals surface area contributed by atoms with Gasteiger partial charge in [0.05, 0.1) is 13.2 Å². The Morgan fingerprint density at radius 1 is 1.15 bits per heavy atom. The summed E-state index contributed by atoms with van der Waals surface area (Å²) in [5.74, 6) is 0.0345. The van der Waals surface area contributed by atoms with Crippen LogP contribution in [0.1, 0.15) is 37.8 Å². The van der Waals surface area contributed by atoms with Gasteiger partial charge < -0.3 is 15.0 Å². The van der Waals surface area contributed by atoms with E-state index >= 15 is 0 Å². The molecule has 2 rings (SSSR count). The van der Waals surface area contributed by atoms with Crippen LogP contribution in [0.2, 0.25) is 0 Å². The summed E-state index contributed by atoms with van der Waals surface area (Å²) >= 11 is 0. The molecule has 0 atom stereocenters. The van der Waals surface area contributed by atoms with E-state index in [9.17, 15) is 9.59 Å². The van der Waals surface area contributed by atoms with E-state index in [1.807, 2.05) is 11.9 Å². The third-order valence-electron chi connectivity index (χ3n) is 4.68. The highest BCUT2D eigenvalue weighted by atomic mass is 16.6. The highest BCUT2D eigenvalue weighted by molar-refractivity contribution is 5.78. The molecule has 1 N–H and O–H groups in total. The summed E-state index contributed by atoms with van der Waals surface area (Å²) in [7, 11) is 1.96. The van der Waals surface area contributed by atoms with Crippen LogP contribution in [0, 0.1) is 0 Å². The van der Waals surface area contributed by atoms with Crippen molar-refractivity contribution < 1.29 is 14.3 Å². The Labute approximate surface area is 156 Å². The zero-order valence-corrected chi connectivity index (χ0v) is 16.2. The number of carbonyl (C=O) groups excluding carboxylic acids is 2. The molecule has 0 radical (unpaired) electrons. The zero-order valence-electron chi connectivity index (χ0n) is 16.2. The number of carbonyl (C=O) groups is 2. The van der Waals surface area contributed by atoms with Gasteiger partial charge in [0.25, 0.3) is 0 Å². The predicted octanol–water partition coefficient (Wildman–Crippen LogP) is 2.42. The Hall–Kier alpha value is -2.08. The normalized spacial score (nSPS) is 15.2. The van der Waals surface area contributed by atoms with Gasteiger partial charge in [-0.2, -0.15) is 0 Å². The first-order valence-electron chi connectivity index (χ1n) is 9.49. The van der Waals surface area contributed by atoms with Gasteiger partial charge in [0.15, 0.2) is 0 Å². The second-order valence-electron chi connectivity index (χ2n) is 6.87. The molecule has 2 amide bonds. The van der Waals surface area contributed by atoms with E-state index < -0.39 is 0 Å². The van der Waals surface area contributed by atoms with E-state index in [1.165, 1.54) is 11.1 Å². The number of ether oxygens (including phenoxy) is 1. The van der Waals surface area contributed by atoms with E-state index in [0.717, 1.165) is 25.8 Å². The highest BCUT2D eigenvalue weighted by Crippen LogP contribution is 2.12. The molecule has 6 nitrogen and oxygen atoms in total. The molecule has 0 unspecified atom stereocenters. The zero-order chi connectivity index (χ0) is 18.9. The first-order chi connectivity index (χ1) is 12.5. The van der Waals surface area contributed by atoms with Crippen LogP contribution in [0.3, 0.4) is 0 Å². The quantitative estimate of drug-likeness (QED) is 0.810. The molecule has 0 bridgehead atoms. The average molecular weight is 361 g/mol. The number of likely N-dealkylation sites (tertiary alicyclic amines) is 1. The minimum Gasteiger partial charge on any atom is -0.450 e. The van der Waals surface area contributed by atoms with Crippen molar-refractivity contribution in [2.75, 3.05) is 33.3 Å². The van der Waals surface area contributed by atoms with Gasteiger partial charge in [0.1, 0.15) is 0 Å². The number of hydrogen-bond acceptors (Lipinski definition) is 4. The molecule has 0 aliphatic carbocycles. The van der Waals surface area contributed by atoms with Crippen molar-refractivity contribution >= 4 is 12.0 Å². The molecule has 1 aromatic rings. The van der Waals surface area contributed by atoms with Gasteiger partial charge in [-0.25, -0.2) is 4.79 Å². The minimum atomic E-state index is -0.258. The van der Waals surface area contributed by atoms with E-state index in [-0.39, 0.29) is 18.0 Å². The molecule has 6 heteroatoms.